The van der Waals surface area contributed by atoms with Crippen molar-refractivity contribution in [2.75, 3.05) is 13.1 Å². The lowest BCUT2D eigenvalue weighted by Gasteiger charge is -2.36. The fourth-order valence-electron chi connectivity index (χ4n) is 4.78. The Morgan fingerprint density at radius 3 is 2.64 bits per heavy atom. The third-order valence-electron chi connectivity index (χ3n) is 6.74. The highest BCUT2D eigenvalue weighted by Gasteiger charge is 2.36. The van der Waals surface area contributed by atoms with E-state index in [0.717, 1.165) is 48.0 Å². The third-order valence-corrected chi connectivity index (χ3v) is 6.74. The molecule has 1 amide bonds. The van der Waals surface area contributed by atoms with Crippen molar-refractivity contribution < 1.29 is 14.1 Å². The van der Waals surface area contributed by atoms with Crippen molar-refractivity contribution in [1.82, 2.24) is 15.5 Å². The van der Waals surface area contributed by atoms with Crippen LogP contribution in [0.25, 0.3) is 22.2 Å². The van der Waals surface area contributed by atoms with Crippen LogP contribution < -0.4 is 17.1 Å². The predicted octanol–water partition coefficient (Wildman–Crippen LogP) is 2.26. The summed E-state index contributed by atoms with van der Waals surface area (Å²) < 4.78 is 5.69. The van der Waals surface area contributed by atoms with Gasteiger partial charge < -0.3 is 20.7 Å². The molecule has 1 saturated heterocycles. The van der Waals surface area contributed by atoms with Gasteiger partial charge in [0.1, 0.15) is 11.3 Å². The summed E-state index contributed by atoms with van der Waals surface area (Å²) in [5.41, 5.74) is 6.11. The van der Waals surface area contributed by atoms with Crippen molar-refractivity contribution in [3.05, 3.63) is 53.6 Å². The molecule has 5 rings (SSSR count). The summed E-state index contributed by atoms with van der Waals surface area (Å²) in [6.45, 7) is 1.45. The Labute approximate surface area is 190 Å². The van der Waals surface area contributed by atoms with Crippen LogP contribution in [0.4, 0.5) is 0 Å². The van der Waals surface area contributed by atoms with E-state index in [0.29, 0.717) is 30.4 Å². The molecule has 0 radical (unpaired) electrons. The first-order valence-corrected chi connectivity index (χ1v) is 11.1. The molecule has 2 heterocycles. The minimum absolute atomic E-state index is 0.0960. The van der Waals surface area contributed by atoms with Gasteiger partial charge in [0.05, 0.1) is 11.3 Å². The van der Waals surface area contributed by atoms with Crippen LogP contribution in [0.2, 0.25) is 0 Å². The zero-order valence-corrected chi connectivity index (χ0v) is 18.2. The maximum atomic E-state index is 12.5. The SMILES string of the molecule is N/N=C(\NN)c1ccc2noc(-c3cccc(C4CCN(C(=O)C5CC(=O)C5)CC4)c3)c2c1. The molecule has 3 aromatic rings. The lowest BCUT2D eigenvalue weighted by atomic mass is 9.81. The van der Waals surface area contributed by atoms with Crippen LogP contribution in [0.3, 0.4) is 0 Å². The van der Waals surface area contributed by atoms with Gasteiger partial charge in [-0.2, -0.15) is 5.10 Å². The van der Waals surface area contributed by atoms with Gasteiger partial charge in [0.2, 0.25) is 5.91 Å². The van der Waals surface area contributed by atoms with Gasteiger partial charge in [-0.1, -0.05) is 23.4 Å². The standard InChI is InChI=1S/C24H26N6O3/c25-27-23(28-26)17-4-5-21-20(13-17)22(33-29-21)16-3-1-2-15(10-16)14-6-8-30(9-7-14)24(32)18-11-19(31)12-18/h1-5,10,13-14,18H,6-9,11-12,25-26H2,(H,27,28). The number of fused-ring (bicyclic) bond motifs is 1. The second kappa shape index (κ2) is 8.67. The number of nitrogens with one attached hydrogen (secondary N) is 1. The number of Topliss-reactive ketones (excluding diaryl/α,β-unsaturated/α-hetero) is 1. The smallest absolute Gasteiger partial charge is 0.226 e. The first-order chi connectivity index (χ1) is 16.1. The van der Waals surface area contributed by atoms with Crippen LogP contribution in [-0.4, -0.2) is 40.7 Å². The molecule has 2 fully saturated rings. The molecule has 0 unspecified atom stereocenters. The Hall–Kier alpha value is -3.72. The number of hydrogen-bond acceptors (Lipinski definition) is 7. The van der Waals surface area contributed by atoms with E-state index in [-0.39, 0.29) is 17.6 Å². The normalized spacial score (nSPS) is 17.9. The van der Waals surface area contributed by atoms with Crippen molar-refractivity contribution in [1.29, 1.82) is 0 Å². The monoisotopic (exact) mass is 446 g/mol. The molecule has 1 aliphatic carbocycles. The number of nitrogens with zero attached hydrogens (tertiary/aromatic N) is 3. The number of benzene rings is 2. The minimum Gasteiger partial charge on any atom is -0.355 e. The summed E-state index contributed by atoms with van der Waals surface area (Å²) >= 11 is 0. The van der Waals surface area contributed by atoms with Crippen LogP contribution in [0, 0.1) is 5.92 Å². The molecule has 1 aromatic heterocycles. The highest BCUT2D eigenvalue weighted by atomic mass is 16.5. The van der Waals surface area contributed by atoms with Crippen molar-refractivity contribution >= 4 is 28.4 Å². The van der Waals surface area contributed by atoms with Gasteiger partial charge in [0.25, 0.3) is 0 Å². The zero-order chi connectivity index (χ0) is 22.9. The predicted molar refractivity (Wildman–Crippen MR) is 124 cm³/mol. The Morgan fingerprint density at radius 2 is 1.94 bits per heavy atom. The van der Waals surface area contributed by atoms with Gasteiger partial charge in [-0.3, -0.25) is 9.59 Å². The van der Waals surface area contributed by atoms with E-state index >= 15 is 0 Å². The zero-order valence-electron chi connectivity index (χ0n) is 18.2. The average molecular weight is 447 g/mol. The van der Waals surface area contributed by atoms with Gasteiger partial charge in [-0.25, -0.2) is 5.84 Å². The van der Waals surface area contributed by atoms with E-state index < -0.39 is 0 Å². The molecule has 2 aromatic carbocycles. The molecular formula is C24H26N6O3. The number of aromatic nitrogens is 1. The molecule has 0 bridgehead atoms. The summed E-state index contributed by atoms with van der Waals surface area (Å²) in [4.78, 5) is 25.7. The number of nitrogens with two attached hydrogens (primary N) is 2. The number of carbonyl (C=O) groups excluding carboxylic acids is 2. The fourth-order valence-corrected chi connectivity index (χ4v) is 4.78. The molecular weight excluding hydrogens is 420 g/mol. The van der Waals surface area contributed by atoms with E-state index in [1.54, 1.807) is 0 Å². The first kappa shape index (κ1) is 21.1. The Morgan fingerprint density at radius 1 is 1.15 bits per heavy atom. The number of ketones is 1. The number of amidine groups is 1. The Bertz CT molecular complexity index is 1230. The maximum absolute atomic E-state index is 12.5. The largest absolute Gasteiger partial charge is 0.355 e. The van der Waals surface area contributed by atoms with E-state index in [2.05, 4.69) is 27.8 Å². The number of piperidine rings is 1. The first-order valence-electron chi connectivity index (χ1n) is 11.1. The van der Waals surface area contributed by atoms with Crippen molar-refractivity contribution in [3.8, 4) is 11.3 Å². The van der Waals surface area contributed by atoms with Crippen molar-refractivity contribution in [2.24, 2.45) is 22.7 Å². The van der Waals surface area contributed by atoms with E-state index in [9.17, 15) is 9.59 Å². The fraction of sp³-hybridized carbons (Fsp3) is 0.333. The Kier molecular flexibility index (Phi) is 5.55. The highest BCUT2D eigenvalue weighted by Crippen LogP contribution is 2.35. The average Bonchev–Trinajstić information content (AvgIpc) is 3.26. The summed E-state index contributed by atoms with van der Waals surface area (Å²) in [5, 5.41) is 8.70. The third kappa shape index (κ3) is 3.95. The molecule has 1 saturated carbocycles. The minimum atomic E-state index is -0.0960. The number of hydrogen-bond donors (Lipinski definition) is 3. The topological polar surface area (TPSA) is 140 Å². The summed E-state index contributed by atoms with van der Waals surface area (Å²) in [6.07, 6.45) is 2.62. The molecule has 0 spiro atoms. The van der Waals surface area contributed by atoms with Crippen LogP contribution in [0.5, 0.6) is 0 Å². The number of likely N-dealkylation sites (tertiary alicyclic amines) is 1. The molecule has 0 atom stereocenters. The second-order valence-corrected chi connectivity index (χ2v) is 8.73. The van der Waals surface area contributed by atoms with Gasteiger partial charge >= 0.3 is 0 Å². The van der Waals surface area contributed by atoms with Crippen LogP contribution in [-0.2, 0) is 9.59 Å². The van der Waals surface area contributed by atoms with Gasteiger partial charge in [0.15, 0.2) is 11.6 Å². The van der Waals surface area contributed by atoms with Gasteiger partial charge in [-0.05, 0) is 48.6 Å². The van der Waals surface area contributed by atoms with Crippen molar-refractivity contribution in [3.63, 3.8) is 0 Å². The van der Waals surface area contributed by atoms with Crippen LogP contribution in [0.1, 0.15) is 42.7 Å². The molecule has 170 valence electrons. The summed E-state index contributed by atoms with van der Waals surface area (Å²) in [5.74, 6) is 12.6. The molecule has 9 nitrogen and oxygen atoms in total. The molecule has 1 aliphatic heterocycles. The number of amides is 1. The quantitative estimate of drug-likeness (QED) is 0.242. The van der Waals surface area contributed by atoms with E-state index in [1.807, 2.05) is 35.2 Å². The lowest BCUT2D eigenvalue weighted by molar-refractivity contribution is -0.145. The van der Waals surface area contributed by atoms with Crippen LogP contribution in [0.15, 0.2) is 52.1 Å². The van der Waals surface area contributed by atoms with E-state index in [4.69, 9.17) is 16.2 Å². The van der Waals surface area contributed by atoms with Gasteiger partial charge in [0, 0.05) is 37.1 Å². The maximum Gasteiger partial charge on any atom is 0.226 e. The molecule has 2 aliphatic rings. The number of carbonyl (C=O) groups is 2. The number of hydrazine groups is 1. The molecule has 5 N–H and O–H groups in total. The van der Waals surface area contributed by atoms with Gasteiger partial charge in [-0.15, -0.1) is 0 Å². The summed E-state index contributed by atoms with van der Waals surface area (Å²) in [7, 11) is 0. The van der Waals surface area contributed by atoms with Crippen LogP contribution >= 0.6 is 0 Å². The summed E-state index contributed by atoms with van der Waals surface area (Å²) in [6, 6.07) is 13.8. The molecule has 9 heteroatoms. The van der Waals surface area contributed by atoms with Crippen molar-refractivity contribution in [2.45, 2.75) is 31.6 Å². The second-order valence-electron chi connectivity index (χ2n) is 8.73. The van der Waals surface area contributed by atoms with E-state index in [1.165, 1.54) is 5.56 Å². The number of hydrazone groups is 1. The highest BCUT2D eigenvalue weighted by molar-refractivity contribution is 6.03. The number of rotatable bonds is 4. The Balaban J connectivity index is 1.35. The lowest BCUT2D eigenvalue weighted by Crippen LogP contribution is -2.45. The molecule has 33 heavy (non-hydrogen) atoms.